The Labute approximate surface area is 110 Å². The number of benzene rings is 1. The molecule has 0 unspecified atom stereocenters. The topological polar surface area (TPSA) is 75.4 Å². The number of rotatable bonds is 3. The molecule has 1 aromatic rings. The molecule has 0 saturated carbocycles. The van der Waals surface area contributed by atoms with Crippen LogP contribution in [0.5, 0.6) is 0 Å². The fourth-order valence-electron chi connectivity index (χ4n) is 1.19. The Bertz CT molecular complexity index is 485. The molecular weight excluding hydrogens is 250 g/mol. The maximum atomic E-state index is 11.4. The molecule has 0 radical (unpaired) electrons. The molecule has 0 fully saturated rings. The Balaban J connectivity index is 2.61. The molecule has 1 rings (SSSR count). The van der Waals surface area contributed by atoms with Crippen LogP contribution in [0, 0.1) is 0 Å². The zero-order valence-electron chi connectivity index (χ0n) is 9.79. The van der Waals surface area contributed by atoms with E-state index < -0.39 is 11.8 Å². The standard InChI is InChI=1S/C12H13N3O2S/c1-15(14-11(17)8-7-10(13)16)12(18)9-5-3-2-4-6-9/h2-8H,1H3,(H2,13,16)(H,14,17). The van der Waals surface area contributed by atoms with Gasteiger partial charge < -0.3 is 5.73 Å². The number of nitrogens with zero attached hydrogens (tertiary/aromatic N) is 1. The molecule has 0 aliphatic rings. The minimum atomic E-state index is -0.682. The molecule has 0 bridgehead atoms. The van der Waals surface area contributed by atoms with E-state index in [2.05, 4.69) is 5.43 Å². The van der Waals surface area contributed by atoms with E-state index in [4.69, 9.17) is 18.0 Å². The lowest BCUT2D eigenvalue weighted by atomic mass is 10.2. The molecule has 0 aliphatic heterocycles. The average Bonchev–Trinajstić information content (AvgIpc) is 2.36. The quantitative estimate of drug-likeness (QED) is 0.469. The maximum Gasteiger partial charge on any atom is 0.262 e. The van der Waals surface area contributed by atoms with Crippen molar-refractivity contribution in [2.24, 2.45) is 5.73 Å². The summed E-state index contributed by atoms with van der Waals surface area (Å²) >= 11 is 5.19. The van der Waals surface area contributed by atoms with Crippen molar-refractivity contribution < 1.29 is 9.59 Å². The first-order valence-electron chi connectivity index (χ1n) is 5.12. The first kappa shape index (κ1) is 13.9. The van der Waals surface area contributed by atoms with Crippen molar-refractivity contribution in [3.05, 3.63) is 48.0 Å². The molecule has 6 heteroatoms. The molecule has 1 aromatic carbocycles. The van der Waals surface area contributed by atoms with Crippen molar-refractivity contribution in [2.45, 2.75) is 0 Å². The number of carbonyl (C=O) groups excluding carboxylic acids is 2. The second-order valence-electron chi connectivity index (χ2n) is 3.44. The van der Waals surface area contributed by atoms with Crippen LogP contribution >= 0.6 is 12.2 Å². The molecule has 94 valence electrons. The predicted octanol–water partition coefficient (Wildman–Crippen LogP) is 0.367. The lowest BCUT2D eigenvalue weighted by molar-refractivity contribution is -0.119. The van der Waals surface area contributed by atoms with E-state index in [0.717, 1.165) is 17.7 Å². The van der Waals surface area contributed by atoms with Crippen LogP contribution in [0.2, 0.25) is 0 Å². The number of nitrogens with one attached hydrogen (secondary N) is 1. The summed E-state index contributed by atoms with van der Waals surface area (Å²) in [6.45, 7) is 0. The Morgan fingerprint density at radius 1 is 1.28 bits per heavy atom. The third-order valence-electron chi connectivity index (χ3n) is 2.00. The van der Waals surface area contributed by atoms with Gasteiger partial charge in [-0.25, -0.2) is 0 Å². The first-order chi connectivity index (χ1) is 8.50. The van der Waals surface area contributed by atoms with E-state index in [0.29, 0.717) is 4.99 Å². The fraction of sp³-hybridized carbons (Fsp3) is 0.0833. The molecule has 0 aliphatic carbocycles. The van der Waals surface area contributed by atoms with Gasteiger partial charge in [0.05, 0.1) is 0 Å². The highest BCUT2D eigenvalue weighted by Crippen LogP contribution is 2.02. The molecule has 18 heavy (non-hydrogen) atoms. The van der Waals surface area contributed by atoms with Crippen molar-refractivity contribution in [2.75, 3.05) is 7.05 Å². The number of amides is 2. The Hall–Kier alpha value is -2.21. The molecule has 0 atom stereocenters. The van der Waals surface area contributed by atoms with Gasteiger partial charge in [0.25, 0.3) is 5.91 Å². The third-order valence-corrected chi connectivity index (χ3v) is 2.51. The van der Waals surface area contributed by atoms with E-state index in [1.165, 1.54) is 5.01 Å². The Kier molecular flexibility index (Phi) is 5.01. The van der Waals surface area contributed by atoms with Gasteiger partial charge in [0.1, 0.15) is 4.99 Å². The summed E-state index contributed by atoms with van der Waals surface area (Å²) in [6.07, 6.45) is 2.03. The zero-order valence-corrected chi connectivity index (χ0v) is 10.6. The number of nitrogens with two attached hydrogens (primary N) is 1. The number of hydrogen-bond acceptors (Lipinski definition) is 3. The van der Waals surface area contributed by atoms with Gasteiger partial charge in [-0.15, -0.1) is 0 Å². The Morgan fingerprint density at radius 2 is 1.89 bits per heavy atom. The first-order valence-corrected chi connectivity index (χ1v) is 5.53. The van der Waals surface area contributed by atoms with Crippen LogP contribution in [0.4, 0.5) is 0 Å². The van der Waals surface area contributed by atoms with Crippen molar-refractivity contribution in [1.29, 1.82) is 0 Å². The van der Waals surface area contributed by atoms with Crippen LogP contribution in [0.3, 0.4) is 0 Å². The van der Waals surface area contributed by atoms with E-state index >= 15 is 0 Å². The molecule has 2 amide bonds. The van der Waals surface area contributed by atoms with Crippen molar-refractivity contribution in [3.63, 3.8) is 0 Å². The maximum absolute atomic E-state index is 11.4. The van der Waals surface area contributed by atoms with Crippen LogP contribution < -0.4 is 11.2 Å². The molecule has 0 heterocycles. The number of thiocarbonyl (C=S) groups is 1. The van der Waals surface area contributed by atoms with Crippen molar-refractivity contribution in [3.8, 4) is 0 Å². The second-order valence-corrected chi connectivity index (χ2v) is 3.83. The SMILES string of the molecule is CN(NC(=O)C=CC(N)=O)C(=S)c1ccccc1. The van der Waals surface area contributed by atoms with Gasteiger partial charge in [-0.1, -0.05) is 42.5 Å². The van der Waals surface area contributed by atoms with Crippen LogP contribution in [-0.4, -0.2) is 28.9 Å². The summed E-state index contributed by atoms with van der Waals surface area (Å²) in [4.78, 5) is 22.3. The number of hydrazine groups is 1. The van der Waals surface area contributed by atoms with E-state index in [-0.39, 0.29) is 0 Å². The highest BCUT2D eigenvalue weighted by Gasteiger charge is 2.08. The van der Waals surface area contributed by atoms with Gasteiger partial charge in [0.2, 0.25) is 5.91 Å². The fourth-order valence-corrected chi connectivity index (χ4v) is 1.37. The summed E-state index contributed by atoms with van der Waals surface area (Å²) in [5, 5.41) is 1.40. The highest BCUT2D eigenvalue weighted by molar-refractivity contribution is 7.80. The van der Waals surface area contributed by atoms with Crippen LogP contribution in [0.1, 0.15) is 5.56 Å². The van der Waals surface area contributed by atoms with E-state index in [9.17, 15) is 9.59 Å². The zero-order chi connectivity index (χ0) is 13.5. The lowest BCUT2D eigenvalue weighted by Gasteiger charge is -2.20. The smallest absolute Gasteiger partial charge is 0.262 e. The van der Waals surface area contributed by atoms with Gasteiger partial charge in [-0.05, 0) is 0 Å². The average molecular weight is 263 g/mol. The molecular formula is C12H13N3O2S. The Morgan fingerprint density at radius 3 is 2.44 bits per heavy atom. The number of hydrogen-bond donors (Lipinski definition) is 2. The highest BCUT2D eigenvalue weighted by atomic mass is 32.1. The predicted molar refractivity (Wildman–Crippen MR) is 72.4 cm³/mol. The van der Waals surface area contributed by atoms with E-state index in [1.54, 1.807) is 7.05 Å². The summed E-state index contributed by atoms with van der Waals surface area (Å²) in [7, 11) is 1.62. The monoisotopic (exact) mass is 263 g/mol. The van der Waals surface area contributed by atoms with Gasteiger partial charge in [0, 0.05) is 24.8 Å². The van der Waals surface area contributed by atoms with Crippen LogP contribution in [0.25, 0.3) is 0 Å². The van der Waals surface area contributed by atoms with Crippen LogP contribution in [-0.2, 0) is 9.59 Å². The largest absolute Gasteiger partial charge is 0.366 e. The lowest BCUT2D eigenvalue weighted by Crippen LogP contribution is -2.42. The van der Waals surface area contributed by atoms with Gasteiger partial charge in [-0.2, -0.15) is 0 Å². The van der Waals surface area contributed by atoms with Gasteiger partial charge in [0.15, 0.2) is 0 Å². The molecule has 0 spiro atoms. The molecule has 3 N–H and O–H groups in total. The summed E-state index contributed by atoms with van der Waals surface area (Å²) in [5.41, 5.74) is 8.18. The van der Waals surface area contributed by atoms with E-state index in [1.807, 2.05) is 30.3 Å². The minimum Gasteiger partial charge on any atom is -0.366 e. The minimum absolute atomic E-state index is 0.469. The third kappa shape index (κ3) is 4.34. The number of carbonyl (C=O) groups is 2. The second kappa shape index (κ2) is 6.51. The molecule has 0 saturated heterocycles. The summed E-state index contributed by atoms with van der Waals surface area (Å²) < 4.78 is 0. The molecule has 0 aromatic heterocycles. The van der Waals surface area contributed by atoms with Crippen molar-refractivity contribution in [1.82, 2.24) is 10.4 Å². The van der Waals surface area contributed by atoms with Crippen molar-refractivity contribution >= 4 is 29.0 Å². The normalized spacial score (nSPS) is 10.1. The summed E-state index contributed by atoms with van der Waals surface area (Å²) in [6, 6.07) is 9.25. The van der Waals surface area contributed by atoms with Crippen LogP contribution in [0.15, 0.2) is 42.5 Å². The van der Waals surface area contributed by atoms with Gasteiger partial charge in [-0.3, -0.25) is 20.0 Å². The molecule has 5 nitrogen and oxygen atoms in total. The van der Waals surface area contributed by atoms with Gasteiger partial charge >= 0.3 is 0 Å². The number of primary amides is 1. The summed E-state index contributed by atoms with van der Waals surface area (Å²) in [5.74, 6) is -1.16.